The fraction of sp³-hybridized carbons (Fsp3) is 0.471. The molecule has 0 saturated carbocycles. The molecule has 1 fully saturated rings. The summed E-state index contributed by atoms with van der Waals surface area (Å²) in [5.74, 6) is 0.353. The number of carboxylic acids is 1. The van der Waals surface area contributed by atoms with Crippen molar-refractivity contribution in [1.29, 1.82) is 0 Å². The average molecular weight is 365 g/mol. The lowest BCUT2D eigenvalue weighted by atomic mass is 10.1. The molecule has 1 saturated heterocycles. The molecular formula is C17H21ClN4O3. The van der Waals surface area contributed by atoms with Gasteiger partial charge in [0, 0.05) is 36.8 Å². The predicted octanol–water partition coefficient (Wildman–Crippen LogP) is 2.37. The van der Waals surface area contributed by atoms with E-state index in [9.17, 15) is 9.90 Å². The van der Waals surface area contributed by atoms with E-state index in [-0.39, 0.29) is 0 Å². The SMILES string of the molecule is CCC(C(=O)O)N1CCN(Cc2nc(-c3ccc(Cl)cc3)no2)CC1. The third-order valence-electron chi connectivity index (χ3n) is 4.45. The van der Waals surface area contributed by atoms with E-state index in [4.69, 9.17) is 16.1 Å². The van der Waals surface area contributed by atoms with E-state index in [0.29, 0.717) is 29.7 Å². The van der Waals surface area contributed by atoms with E-state index in [1.807, 2.05) is 24.0 Å². The van der Waals surface area contributed by atoms with Gasteiger partial charge in [-0.3, -0.25) is 14.6 Å². The standard InChI is InChI=1S/C17H21ClN4O3/c1-2-14(17(23)24)22-9-7-21(8-10-22)11-15-19-16(20-25-15)12-3-5-13(18)6-4-12/h3-6,14H,2,7-11H2,1H3,(H,23,24). The Hall–Kier alpha value is -1.96. The van der Waals surface area contributed by atoms with E-state index in [2.05, 4.69) is 15.0 Å². The predicted molar refractivity (Wildman–Crippen MR) is 93.3 cm³/mol. The lowest BCUT2D eigenvalue weighted by Crippen LogP contribution is -2.52. The fourth-order valence-corrected chi connectivity index (χ4v) is 3.17. The number of nitrogens with zero attached hydrogens (tertiary/aromatic N) is 4. The number of piperazine rings is 1. The molecule has 0 aliphatic carbocycles. The van der Waals surface area contributed by atoms with Crippen LogP contribution in [0.5, 0.6) is 0 Å². The van der Waals surface area contributed by atoms with Gasteiger partial charge >= 0.3 is 5.97 Å². The molecule has 8 heteroatoms. The van der Waals surface area contributed by atoms with Gasteiger partial charge in [-0.25, -0.2) is 0 Å². The number of hydrogen-bond acceptors (Lipinski definition) is 6. The van der Waals surface area contributed by atoms with Crippen LogP contribution in [0.1, 0.15) is 19.2 Å². The summed E-state index contributed by atoms with van der Waals surface area (Å²) in [7, 11) is 0. The molecule has 1 aromatic heterocycles. The van der Waals surface area contributed by atoms with Crippen LogP contribution < -0.4 is 0 Å². The molecular weight excluding hydrogens is 344 g/mol. The number of benzene rings is 1. The number of aliphatic carboxylic acids is 1. The molecule has 1 unspecified atom stereocenters. The second kappa shape index (κ2) is 7.95. The number of halogens is 1. The van der Waals surface area contributed by atoms with Gasteiger partial charge in [-0.1, -0.05) is 23.7 Å². The Morgan fingerprint density at radius 1 is 1.28 bits per heavy atom. The Balaban J connectivity index is 1.56. The van der Waals surface area contributed by atoms with Crippen molar-refractivity contribution >= 4 is 17.6 Å². The zero-order valence-electron chi connectivity index (χ0n) is 14.1. The van der Waals surface area contributed by atoms with Crippen LogP contribution in [0.4, 0.5) is 0 Å². The summed E-state index contributed by atoms with van der Waals surface area (Å²) in [5, 5.41) is 13.9. The number of carboxylic acid groups (broad SMARTS) is 1. The summed E-state index contributed by atoms with van der Waals surface area (Å²) >= 11 is 5.89. The van der Waals surface area contributed by atoms with E-state index in [0.717, 1.165) is 31.7 Å². The zero-order chi connectivity index (χ0) is 17.8. The third kappa shape index (κ3) is 4.36. The van der Waals surface area contributed by atoms with Crippen LogP contribution in [0.2, 0.25) is 5.02 Å². The lowest BCUT2D eigenvalue weighted by molar-refractivity contribution is -0.144. The van der Waals surface area contributed by atoms with Crippen molar-refractivity contribution < 1.29 is 14.4 Å². The molecule has 134 valence electrons. The van der Waals surface area contributed by atoms with Crippen molar-refractivity contribution in [2.45, 2.75) is 25.9 Å². The quantitative estimate of drug-likeness (QED) is 0.842. The highest BCUT2D eigenvalue weighted by atomic mass is 35.5. The van der Waals surface area contributed by atoms with E-state index in [1.165, 1.54) is 0 Å². The Labute approximate surface area is 151 Å². The van der Waals surface area contributed by atoms with Crippen molar-refractivity contribution in [2.24, 2.45) is 0 Å². The van der Waals surface area contributed by atoms with Crippen molar-refractivity contribution in [1.82, 2.24) is 19.9 Å². The van der Waals surface area contributed by atoms with Gasteiger partial charge < -0.3 is 9.63 Å². The van der Waals surface area contributed by atoms with Crippen LogP contribution >= 0.6 is 11.6 Å². The highest BCUT2D eigenvalue weighted by molar-refractivity contribution is 6.30. The molecule has 2 heterocycles. The van der Waals surface area contributed by atoms with Crippen LogP contribution in [-0.4, -0.2) is 63.2 Å². The van der Waals surface area contributed by atoms with Gasteiger partial charge in [-0.15, -0.1) is 0 Å². The maximum Gasteiger partial charge on any atom is 0.320 e. The van der Waals surface area contributed by atoms with Crippen LogP contribution in [-0.2, 0) is 11.3 Å². The molecule has 1 aliphatic heterocycles. The lowest BCUT2D eigenvalue weighted by Gasteiger charge is -2.36. The summed E-state index contributed by atoms with van der Waals surface area (Å²) in [5.41, 5.74) is 0.858. The highest BCUT2D eigenvalue weighted by Gasteiger charge is 2.27. The molecule has 1 aliphatic rings. The van der Waals surface area contributed by atoms with Crippen LogP contribution in [0.25, 0.3) is 11.4 Å². The van der Waals surface area contributed by atoms with Crippen LogP contribution in [0, 0.1) is 0 Å². The fourth-order valence-electron chi connectivity index (χ4n) is 3.05. The number of hydrogen-bond donors (Lipinski definition) is 1. The van der Waals surface area contributed by atoms with Gasteiger partial charge in [0.25, 0.3) is 0 Å². The molecule has 0 spiro atoms. The number of rotatable bonds is 6. The average Bonchev–Trinajstić information content (AvgIpc) is 3.06. The van der Waals surface area contributed by atoms with Gasteiger partial charge in [0.2, 0.25) is 11.7 Å². The molecule has 0 amide bonds. The summed E-state index contributed by atoms with van der Waals surface area (Å²) in [6, 6.07) is 6.89. The Bertz CT molecular complexity index is 711. The van der Waals surface area contributed by atoms with E-state index >= 15 is 0 Å². The van der Waals surface area contributed by atoms with E-state index < -0.39 is 12.0 Å². The van der Waals surface area contributed by atoms with Crippen LogP contribution in [0.15, 0.2) is 28.8 Å². The van der Waals surface area contributed by atoms with Gasteiger partial charge in [-0.05, 0) is 30.7 Å². The van der Waals surface area contributed by atoms with Crippen molar-refractivity contribution in [3.05, 3.63) is 35.2 Å². The molecule has 7 nitrogen and oxygen atoms in total. The molecule has 3 rings (SSSR count). The topological polar surface area (TPSA) is 82.7 Å². The normalized spacial score (nSPS) is 17.5. The summed E-state index contributed by atoms with van der Waals surface area (Å²) in [6.45, 7) is 5.48. The maximum atomic E-state index is 11.3. The summed E-state index contributed by atoms with van der Waals surface area (Å²) < 4.78 is 5.34. The Kier molecular flexibility index (Phi) is 5.67. The minimum atomic E-state index is -0.750. The second-order valence-electron chi connectivity index (χ2n) is 6.09. The first-order valence-corrected chi connectivity index (χ1v) is 8.72. The van der Waals surface area contributed by atoms with Gasteiger partial charge in [-0.2, -0.15) is 4.98 Å². The second-order valence-corrected chi connectivity index (χ2v) is 6.53. The molecule has 1 atom stereocenters. The minimum Gasteiger partial charge on any atom is -0.480 e. The summed E-state index contributed by atoms with van der Waals surface area (Å²) in [4.78, 5) is 19.9. The van der Waals surface area contributed by atoms with Gasteiger partial charge in [0.1, 0.15) is 6.04 Å². The van der Waals surface area contributed by atoms with Gasteiger partial charge in [0.05, 0.1) is 6.54 Å². The molecule has 2 aromatic rings. The van der Waals surface area contributed by atoms with Gasteiger partial charge in [0.15, 0.2) is 0 Å². The molecule has 25 heavy (non-hydrogen) atoms. The monoisotopic (exact) mass is 364 g/mol. The molecule has 1 aromatic carbocycles. The number of aromatic nitrogens is 2. The van der Waals surface area contributed by atoms with Crippen molar-refractivity contribution in [2.75, 3.05) is 26.2 Å². The van der Waals surface area contributed by atoms with E-state index in [1.54, 1.807) is 12.1 Å². The first-order chi connectivity index (χ1) is 12.1. The zero-order valence-corrected chi connectivity index (χ0v) is 14.8. The highest BCUT2D eigenvalue weighted by Crippen LogP contribution is 2.19. The smallest absolute Gasteiger partial charge is 0.320 e. The molecule has 0 bridgehead atoms. The Morgan fingerprint density at radius 3 is 2.56 bits per heavy atom. The molecule has 1 N–H and O–H groups in total. The van der Waals surface area contributed by atoms with Crippen LogP contribution in [0.3, 0.4) is 0 Å². The Morgan fingerprint density at radius 2 is 1.96 bits per heavy atom. The summed E-state index contributed by atoms with van der Waals surface area (Å²) in [6.07, 6.45) is 0.615. The number of carbonyl (C=O) groups is 1. The first kappa shape index (κ1) is 17.8. The maximum absolute atomic E-state index is 11.3. The molecule has 0 radical (unpaired) electrons. The first-order valence-electron chi connectivity index (χ1n) is 8.34. The van der Waals surface area contributed by atoms with Crippen molar-refractivity contribution in [3.8, 4) is 11.4 Å². The van der Waals surface area contributed by atoms with Crippen molar-refractivity contribution in [3.63, 3.8) is 0 Å². The minimum absolute atomic E-state index is 0.401. The third-order valence-corrected chi connectivity index (χ3v) is 4.70. The largest absolute Gasteiger partial charge is 0.480 e.